The van der Waals surface area contributed by atoms with E-state index in [0.29, 0.717) is 23.7 Å². The zero-order chi connectivity index (χ0) is 26.4. The average molecular weight is 523 g/mol. The van der Waals surface area contributed by atoms with Gasteiger partial charge in [-0.3, -0.25) is 14.5 Å². The highest BCUT2D eigenvalue weighted by atomic mass is 32.2. The number of Topliss-reactive ketones (excluding diaryl/α,β-unsaturated/α-hetero) is 1. The van der Waals surface area contributed by atoms with Gasteiger partial charge in [0, 0.05) is 17.7 Å². The zero-order valence-electron chi connectivity index (χ0n) is 21.9. The standard InChI is InChI=1S/C33H34N2O2S/c1-25-31(29-17-9-8-16-28(29)22-33(25)19-10-11-20-33)34-32(38-23-30(37)27-14-6-3-7-15-27)35(24-36)21-18-26-12-4-2-5-13-26/h2-9,12-17,24H,10-11,18-23H2,1H3/b34-32+. The molecule has 3 aromatic carbocycles. The van der Waals surface area contributed by atoms with Gasteiger partial charge in [0.25, 0.3) is 0 Å². The maximum atomic E-state index is 13.0. The van der Waals surface area contributed by atoms with Crippen LogP contribution in [0.15, 0.2) is 95.5 Å². The Morgan fingerprint density at radius 1 is 0.947 bits per heavy atom. The summed E-state index contributed by atoms with van der Waals surface area (Å²) >= 11 is 1.35. The van der Waals surface area contributed by atoms with Gasteiger partial charge in [-0.15, -0.1) is 0 Å². The van der Waals surface area contributed by atoms with Crippen molar-refractivity contribution in [3.05, 3.63) is 113 Å². The van der Waals surface area contributed by atoms with Crippen molar-refractivity contribution in [2.24, 2.45) is 10.4 Å². The van der Waals surface area contributed by atoms with Gasteiger partial charge in [-0.2, -0.15) is 0 Å². The molecule has 0 unspecified atom stereocenters. The zero-order valence-corrected chi connectivity index (χ0v) is 22.8. The summed E-state index contributed by atoms with van der Waals surface area (Å²) in [5, 5.41) is 0.583. The lowest BCUT2D eigenvalue weighted by Gasteiger charge is -2.37. The van der Waals surface area contributed by atoms with Crippen molar-refractivity contribution < 1.29 is 9.59 Å². The van der Waals surface area contributed by atoms with E-state index in [1.807, 2.05) is 48.5 Å². The van der Waals surface area contributed by atoms with E-state index < -0.39 is 0 Å². The minimum absolute atomic E-state index is 0.0271. The number of hydrogen-bond donors (Lipinski definition) is 0. The Hall–Kier alpha value is -3.44. The molecule has 0 radical (unpaired) electrons. The van der Waals surface area contributed by atoms with Crippen molar-refractivity contribution >= 4 is 34.8 Å². The predicted molar refractivity (Wildman–Crippen MR) is 157 cm³/mol. The smallest absolute Gasteiger partial charge is 0.215 e. The molecule has 194 valence electrons. The number of carbonyl (C=O) groups is 2. The Bertz CT molecular complexity index is 1340. The van der Waals surface area contributed by atoms with Gasteiger partial charge in [0.05, 0.1) is 11.4 Å². The fourth-order valence-electron chi connectivity index (χ4n) is 5.80. The number of ketones is 1. The third-order valence-electron chi connectivity index (χ3n) is 8.01. The van der Waals surface area contributed by atoms with Gasteiger partial charge in [0.1, 0.15) is 0 Å². The average Bonchev–Trinajstić information content (AvgIpc) is 3.44. The van der Waals surface area contributed by atoms with Gasteiger partial charge in [-0.1, -0.05) is 110 Å². The number of thioether (sulfide) groups is 1. The second-order valence-corrected chi connectivity index (χ2v) is 11.2. The van der Waals surface area contributed by atoms with Gasteiger partial charge < -0.3 is 0 Å². The Morgan fingerprint density at radius 2 is 1.61 bits per heavy atom. The summed E-state index contributed by atoms with van der Waals surface area (Å²) in [6.07, 6.45) is 7.44. The van der Waals surface area contributed by atoms with Crippen LogP contribution in [0.1, 0.15) is 59.7 Å². The Labute approximate surface area is 229 Å². The van der Waals surface area contributed by atoms with E-state index >= 15 is 0 Å². The number of amides is 1. The van der Waals surface area contributed by atoms with Crippen molar-refractivity contribution in [1.29, 1.82) is 0 Å². The molecule has 2 aliphatic carbocycles. The van der Waals surface area contributed by atoms with Crippen LogP contribution in [-0.4, -0.2) is 34.6 Å². The molecule has 0 atom stereocenters. The number of allylic oxidation sites excluding steroid dienone is 1. The van der Waals surface area contributed by atoms with Crippen molar-refractivity contribution in [2.75, 3.05) is 12.3 Å². The molecule has 3 aromatic rings. The number of benzene rings is 3. The molecule has 0 N–H and O–H groups in total. The van der Waals surface area contributed by atoms with E-state index in [1.165, 1.54) is 48.6 Å². The molecule has 0 aliphatic heterocycles. The number of nitrogens with zero attached hydrogens (tertiary/aromatic N) is 2. The van der Waals surface area contributed by atoms with E-state index in [9.17, 15) is 9.59 Å². The van der Waals surface area contributed by atoms with E-state index in [2.05, 4.69) is 43.3 Å². The van der Waals surface area contributed by atoms with Crippen LogP contribution in [0.2, 0.25) is 0 Å². The predicted octanol–water partition coefficient (Wildman–Crippen LogP) is 7.21. The molecule has 4 nitrogen and oxygen atoms in total. The third kappa shape index (κ3) is 5.68. The Kier molecular flexibility index (Phi) is 8.23. The van der Waals surface area contributed by atoms with Crippen LogP contribution in [-0.2, 0) is 17.6 Å². The number of hydrogen-bond acceptors (Lipinski definition) is 4. The third-order valence-corrected chi connectivity index (χ3v) is 9.00. The monoisotopic (exact) mass is 522 g/mol. The first-order valence-electron chi connectivity index (χ1n) is 13.4. The molecule has 0 heterocycles. The molecule has 5 rings (SSSR count). The van der Waals surface area contributed by atoms with Crippen LogP contribution in [0.4, 0.5) is 0 Å². The summed E-state index contributed by atoms with van der Waals surface area (Å²) in [5.74, 6) is 0.247. The molecule has 38 heavy (non-hydrogen) atoms. The van der Waals surface area contributed by atoms with Gasteiger partial charge in [-0.25, -0.2) is 4.99 Å². The summed E-state index contributed by atoms with van der Waals surface area (Å²) in [6, 6.07) is 28.0. The fourth-order valence-corrected chi connectivity index (χ4v) is 6.69. The summed E-state index contributed by atoms with van der Waals surface area (Å²) in [6.45, 7) is 2.73. The molecule has 0 aromatic heterocycles. The normalized spacial score (nSPS) is 16.4. The molecular formula is C33H34N2O2S. The molecule has 0 bridgehead atoms. The highest BCUT2D eigenvalue weighted by Gasteiger charge is 2.41. The van der Waals surface area contributed by atoms with Gasteiger partial charge in [0.15, 0.2) is 11.0 Å². The summed E-state index contributed by atoms with van der Waals surface area (Å²) in [4.78, 5) is 32.3. The fraction of sp³-hybridized carbons (Fsp3) is 0.303. The van der Waals surface area contributed by atoms with Crippen molar-refractivity contribution in [3.8, 4) is 0 Å². The van der Waals surface area contributed by atoms with E-state index in [0.717, 1.165) is 29.7 Å². The lowest BCUT2D eigenvalue weighted by atomic mass is 9.69. The first-order chi connectivity index (χ1) is 18.6. The van der Waals surface area contributed by atoms with E-state index in [1.54, 1.807) is 4.90 Å². The summed E-state index contributed by atoms with van der Waals surface area (Å²) in [7, 11) is 0. The number of fused-ring (bicyclic) bond motifs is 1. The van der Waals surface area contributed by atoms with Crippen molar-refractivity contribution in [2.45, 2.75) is 45.4 Å². The molecule has 2 aliphatic rings. The molecule has 1 fully saturated rings. The van der Waals surface area contributed by atoms with Crippen LogP contribution in [0.25, 0.3) is 5.70 Å². The quantitative estimate of drug-likeness (QED) is 0.136. The lowest BCUT2D eigenvalue weighted by molar-refractivity contribution is -0.114. The maximum Gasteiger partial charge on any atom is 0.215 e. The second-order valence-electron chi connectivity index (χ2n) is 10.3. The topological polar surface area (TPSA) is 49.7 Å². The van der Waals surface area contributed by atoms with E-state index in [-0.39, 0.29) is 17.0 Å². The summed E-state index contributed by atoms with van der Waals surface area (Å²) in [5.41, 5.74) is 6.72. The molecule has 1 spiro atoms. The minimum atomic E-state index is 0.0271. The van der Waals surface area contributed by atoms with Gasteiger partial charge >= 0.3 is 0 Å². The van der Waals surface area contributed by atoms with Gasteiger partial charge in [0.2, 0.25) is 6.41 Å². The maximum absolute atomic E-state index is 13.0. The molecule has 1 saturated carbocycles. The number of carbonyl (C=O) groups excluding carboxylic acids is 2. The molecule has 1 amide bonds. The number of aliphatic imine (C=N–C) groups is 1. The number of amidine groups is 1. The molecular weight excluding hydrogens is 488 g/mol. The second kappa shape index (κ2) is 12.0. The van der Waals surface area contributed by atoms with Crippen molar-refractivity contribution in [3.63, 3.8) is 0 Å². The summed E-state index contributed by atoms with van der Waals surface area (Å²) < 4.78 is 0. The SMILES string of the molecule is CC1=C(/N=C(/SCC(=O)c2ccccc2)N(C=O)CCc2ccccc2)c2ccccc2CC12CCCC2. The number of rotatable bonds is 8. The van der Waals surface area contributed by atoms with Gasteiger partial charge in [-0.05, 0) is 54.7 Å². The Morgan fingerprint density at radius 3 is 2.32 bits per heavy atom. The largest absolute Gasteiger partial charge is 0.294 e. The first-order valence-corrected chi connectivity index (χ1v) is 14.4. The lowest BCUT2D eigenvalue weighted by Crippen LogP contribution is -2.31. The van der Waals surface area contributed by atoms with Crippen LogP contribution < -0.4 is 0 Å². The molecule has 0 saturated heterocycles. The van der Waals surface area contributed by atoms with Crippen LogP contribution in [0.3, 0.4) is 0 Å². The van der Waals surface area contributed by atoms with Crippen LogP contribution in [0, 0.1) is 5.41 Å². The first kappa shape index (κ1) is 26.2. The van der Waals surface area contributed by atoms with Crippen molar-refractivity contribution in [1.82, 2.24) is 4.90 Å². The van der Waals surface area contributed by atoms with E-state index in [4.69, 9.17) is 4.99 Å². The van der Waals surface area contributed by atoms with Crippen LogP contribution >= 0.6 is 11.8 Å². The Balaban J connectivity index is 1.51. The highest BCUT2D eigenvalue weighted by Crippen LogP contribution is 2.52. The minimum Gasteiger partial charge on any atom is -0.294 e. The molecule has 5 heteroatoms. The highest BCUT2D eigenvalue weighted by molar-refractivity contribution is 8.14. The van der Waals surface area contributed by atoms with Crippen LogP contribution in [0.5, 0.6) is 0 Å².